The third-order valence-electron chi connectivity index (χ3n) is 5.39. The molecule has 178 valence electrons. The number of aliphatic hydroxyl groups is 1. The van der Waals surface area contributed by atoms with Crippen molar-refractivity contribution in [1.29, 1.82) is 0 Å². The second-order valence-electron chi connectivity index (χ2n) is 8.37. The molecule has 0 fully saturated rings. The van der Waals surface area contributed by atoms with E-state index in [1.807, 2.05) is 0 Å². The van der Waals surface area contributed by atoms with E-state index in [4.69, 9.17) is 14.6 Å². The van der Waals surface area contributed by atoms with Crippen LogP contribution in [0, 0.1) is 0 Å². The number of ether oxygens (including phenoxy) is 2. The number of hydrogen-bond donors (Lipinski definition) is 1. The lowest BCUT2D eigenvalue weighted by Gasteiger charge is -2.15. The molecule has 0 aliphatic carbocycles. The molecule has 30 heavy (non-hydrogen) atoms. The fraction of sp³-hybridized carbons (Fsp3) is 0.885. The van der Waals surface area contributed by atoms with Crippen LogP contribution in [0.2, 0.25) is 0 Å². The van der Waals surface area contributed by atoms with E-state index in [1.54, 1.807) is 6.92 Å². The topological polar surface area (TPSA) is 55.8 Å². The fourth-order valence-corrected chi connectivity index (χ4v) is 3.41. The zero-order valence-electron chi connectivity index (χ0n) is 20.0. The van der Waals surface area contributed by atoms with Gasteiger partial charge in [0.05, 0.1) is 13.2 Å². The van der Waals surface area contributed by atoms with Crippen LogP contribution in [0.1, 0.15) is 123 Å². The summed E-state index contributed by atoms with van der Waals surface area (Å²) in [4.78, 5) is 11.2. The molecular weight excluding hydrogens is 376 g/mol. The number of hydrogen-bond acceptors (Lipinski definition) is 4. The van der Waals surface area contributed by atoms with Gasteiger partial charge in [-0.1, -0.05) is 96.6 Å². The smallest absolute Gasteiger partial charge is 0.305 e. The Bertz CT molecular complexity index is 381. The molecule has 0 spiro atoms. The monoisotopic (exact) mass is 426 g/mol. The summed E-state index contributed by atoms with van der Waals surface area (Å²) >= 11 is 0. The molecule has 0 aromatic carbocycles. The van der Waals surface area contributed by atoms with Gasteiger partial charge in [-0.15, -0.1) is 0 Å². The number of carbonyl (C=O) groups is 1. The molecule has 0 heterocycles. The molecule has 4 heteroatoms. The van der Waals surface area contributed by atoms with Gasteiger partial charge in [0, 0.05) is 13.0 Å². The lowest BCUT2D eigenvalue weighted by atomic mass is 10.1. The van der Waals surface area contributed by atoms with Gasteiger partial charge >= 0.3 is 5.97 Å². The molecule has 0 aromatic rings. The summed E-state index contributed by atoms with van der Waals surface area (Å²) in [7, 11) is 0. The molecular formula is C26H50O4. The lowest BCUT2D eigenvalue weighted by molar-refractivity contribution is -0.154. The van der Waals surface area contributed by atoms with Gasteiger partial charge < -0.3 is 14.6 Å². The molecule has 0 rings (SSSR count). The minimum absolute atomic E-state index is 0.180. The summed E-state index contributed by atoms with van der Waals surface area (Å²) in [5, 5.41) is 9.17. The maximum absolute atomic E-state index is 11.2. The zero-order chi connectivity index (χ0) is 22.1. The molecule has 0 bridgehead atoms. The van der Waals surface area contributed by atoms with Crippen molar-refractivity contribution in [2.75, 3.05) is 19.8 Å². The van der Waals surface area contributed by atoms with Gasteiger partial charge in [-0.25, -0.2) is 0 Å². The summed E-state index contributed by atoms with van der Waals surface area (Å²) in [6.45, 7) is 4.79. The van der Waals surface area contributed by atoms with Crippen LogP contribution in [0.5, 0.6) is 0 Å². The summed E-state index contributed by atoms with van der Waals surface area (Å²) in [6, 6.07) is 0. The normalized spacial score (nSPS) is 12.5. The van der Waals surface area contributed by atoms with E-state index in [1.165, 1.54) is 96.3 Å². The molecule has 1 N–H and O–H groups in total. The SMILES string of the molecule is CCCCCCCC/C=C\CCCCCCCCCCOCC(CO)OC(=O)CC. The van der Waals surface area contributed by atoms with Crippen LogP contribution in [-0.2, 0) is 14.3 Å². The van der Waals surface area contributed by atoms with Gasteiger partial charge in [0.1, 0.15) is 6.10 Å². The molecule has 0 aliphatic heterocycles. The number of rotatable bonds is 23. The number of aliphatic hydroxyl groups excluding tert-OH is 1. The van der Waals surface area contributed by atoms with Crippen molar-refractivity contribution >= 4 is 5.97 Å². The molecule has 0 aliphatic rings. The predicted octanol–water partition coefficient (Wildman–Crippen LogP) is 7.13. The Morgan fingerprint density at radius 1 is 0.767 bits per heavy atom. The average Bonchev–Trinajstić information content (AvgIpc) is 2.76. The first-order chi connectivity index (χ1) is 14.7. The van der Waals surface area contributed by atoms with Crippen LogP contribution in [0.4, 0.5) is 0 Å². The van der Waals surface area contributed by atoms with Crippen LogP contribution in [0.3, 0.4) is 0 Å². The van der Waals surface area contributed by atoms with Gasteiger partial charge in [0.15, 0.2) is 0 Å². The molecule has 4 nitrogen and oxygen atoms in total. The second-order valence-corrected chi connectivity index (χ2v) is 8.37. The summed E-state index contributed by atoms with van der Waals surface area (Å²) in [6.07, 6.45) is 25.5. The van der Waals surface area contributed by atoms with Crippen molar-refractivity contribution in [3.8, 4) is 0 Å². The second kappa shape index (κ2) is 24.4. The van der Waals surface area contributed by atoms with Gasteiger partial charge in [-0.2, -0.15) is 0 Å². The first-order valence-corrected chi connectivity index (χ1v) is 12.8. The van der Waals surface area contributed by atoms with Crippen molar-refractivity contribution in [2.45, 2.75) is 129 Å². The first kappa shape index (κ1) is 29.1. The Labute approximate surface area is 186 Å². The van der Waals surface area contributed by atoms with Gasteiger partial charge in [-0.05, 0) is 32.1 Å². The van der Waals surface area contributed by atoms with Crippen molar-refractivity contribution in [3.05, 3.63) is 12.2 Å². The van der Waals surface area contributed by atoms with Crippen LogP contribution in [0.25, 0.3) is 0 Å². The minimum Gasteiger partial charge on any atom is -0.457 e. The van der Waals surface area contributed by atoms with Crippen molar-refractivity contribution < 1.29 is 19.4 Å². The van der Waals surface area contributed by atoms with Crippen LogP contribution >= 0.6 is 0 Å². The van der Waals surface area contributed by atoms with E-state index in [-0.39, 0.29) is 19.2 Å². The average molecular weight is 427 g/mol. The number of unbranched alkanes of at least 4 members (excludes halogenated alkanes) is 14. The van der Waals surface area contributed by atoms with Gasteiger partial charge in [0.2, 0.25) is 0 Å². The van der Waals surface area contributed by atoms with Gasteiger partial charge in [-0.3, -0.25) is 4.79 Å². The minimum atomic E-state index is -0.525. The lowest BCUT2D eigenvalue weighted by Crippen LogP contribution is -2.27. The molecule has 0 saturated carbocycles. The number of esters is 1. The molecule has 0 saturated heterocycles. The molecule has 0 radical (unpaired) electrons. The third kappa shape index (κ3) is 21.8. The standard InChI is InChI=1S/C26H50O4/c1-3-5-6-7-8-9-10-11-12-13-14-15-16-17-18-19-20-21-22-29-24-25(23-27)30-26(28)4-2/h11-12,25,27H,3-10,13-24H2,1-2H3/b12-11-. The van der Waals surface area contributed by atoms with E-state index >= 15 is 0 Å². The Hall–Kier alpha value is -0.870. The summed E-state index contributed by atoms with van der Waals surface area (Å²) < 4.78 is 10.6. The predicted molar refractivity (Wildman–Crippen MR) is 127 cm³/mol. The van der Waals surface area contributed by atoms with Crippen molar-refractivity contribution in [2.24, 2.45) is 0 Å². The fourth-order valence-electron chi connectivity index (χ4n) is 3.41. The maximum Gasteiger partial charge on any atom is 0.305 e. The summed E-state index contributed by atoms with van der Waals surface area (Å²) in [5.41, 5.74) is 0. The highest BCUT2D eigenvalue weighted by atomic mass is 16.6. The largest absolute Gasteiger partial charge is 0.457 e. The number of allylic oxidation sites excluding steroid dienone is 2. The molecule has 1 atom stereocenters. The van der Waals surface area contributed by atoms with E-state index in [9.17, 15) is 4.79 Å². The van der Waals surface area contributed by atoms with Crippen molar-refractivity contribution in [1.82, 2.24) is 0 Å². The Morgan fingerprint density at radius 3 is 1.77 bits per heavy atom. The van der Waals surface area contributed by atoms with E-state index in [0.717, 1.165) is 6.42 Å². The van der Waals surface area contributed by atoms with Crippen LogP contribution in [0.15, 0.2) is 12.2 Å². The molecule has 1 unspecified atom stereocenters. The Kier molecular flexibility index (Phi) is 23.7. The van der Waals surface area contributed by atoms with E-state index < -0.39 is 6.10 Å². The van der Waals surface area contributed by atoms with Crippen LogP contribution < -0.4 is 0 Å². The van der Waals surface area contributed by atoms with Crippen molar-refractivity contribution in [3.63, 3.8) is 0 Å². The number of carbonyl (C=O) groups excluding carboxylic acids is 1. The third-order valence-corrected chi connectivity index (χ3v) is 5.39. The maximum atomic E-state index is 11.2. The van der Waals surface area contributed by atoms with Crippen LogP contribution in [-0.4, -0.2) is 37.0 Å². The highest BCUT2D eigenvalue weighted by Gasteiger charge is 2.12. The highest BCUT2D eigenvalue weighted by molar-refractivity contribution is 5.69. The Morgan fingerprint density at radius 2 is 1.27 bits per heavy atom. The Balaban J connectivity index is 3.24. The highest BCUT2D eigenvalue weighted by Crippen LogP contribution is 2.11. The molecule has 0 aromatic heterocycles. The summed E-state index contributed by atoms with van der Waals surface area (Å²) in [5.74, 6) is -0.290. The molecule has 0 amide bonds. The zero-order valence-corrected chi connectivity index (χ0v) is 20.0. The first-order valence-electron chi connectivity index (χ1n) is 12.8. The quantitative estimate of drug-likeness (QED) is 0.107. The van der Waals surface area contributed by atoms with E-state index in [2.05, 4.69) is 19.1 Å². The van der Waals surface area contributed by atoms with E-state index in [0.29, 0.717) is 13.0 Å². The van der Waals surface area contributed by atoms with Gasteiger partial charge in [0.25, 0.3) is 0 Å².